The van der Waals surface area contributed by atoms with Crippen molar-refractivity contribution in [1.29, 1.82) is 0 Å². The van der Waals surface area contributed by atoms with Gasteiger partial charge in [0.15, 0.2) is 0 Å². The summed E-state index contributed by atoms with van der Waals surface area (Å²) in [7, 11) is 3.14. The Balaban J connectivity index is 1.57. The number of esters is 1. The third kappa shape index (κ3) is 3.70. The van der Waals surface area contributed by atoms with E-state index in [4.69, 9.17) is 9.47 Å². The van der Waals surface area contributed by atoms with Crippen molar-refractivity contribution in [2.45, 2.75) is 6.61 Å². The number of para-hydroxylation sites is 2. The lowest BCUT2D eigenvalue weighted by Gasteiger charge is -2.10. The second-order valence-electron chi connectivity index (χ2n) is 6.95. The minimum absolute atomic E-state index is 0.0376. The van der Waals surface area contributed by atoms with Crippen molar-refractivity contribution in [2.24, 2.45) is 0 Å². The Morgan fingerprint density at radius 3 is 2.43 bits per heavy atom. The van der Waals surface area contributed by atoms with Crippen LogP contribution in [-0.2, 0) is 16.1 Å². The van der Waals surface area contributed by atoms with Crippen molar-refractivity contribution in [3.63, 3.8) is 0 Å². The molecule has 0 bridgehead atoms. The van der Waals surface area contributed by atoms with Crippen molar-refractivity contribution < 1.29 is 19.1 Å². The van der Waals surface area contributed by atoms with Crippen LogP contribution >= 0.6 is 0 Å². The quantitative estimate of drug-likeness (QED) is 0.466. The zero-order valence-corrected chi connectivity index (χ0v) is 16.8. The van der Waals surface area contributed by atoms with Crippen LogP contribution in [0.4, 0.5) is 5.69 Å². The number of likely N-dealkylation sites (N-methyl/N-ethyl adjacent to an activating group) is 1. The van der Waals surface area contributed by atoms with Gasteiger partial charge < -0.3 is 14.4 Å². The van der Waals surface area contributed by atoms with Crippen LogP contribution in [0.1, 0.15) is 27.0 Å². The van der Waals surface area contributed by atoms with E-state index in [1.54, 1.807) is 24.1 Å². The molecule has 0 saturated heterocycles. The number of carbonyl (C=O) groups excluding carboxylic acids is 2. The highest BCUT2D eigenvalue weighted by molar-refractivity contribution is 6.35. The predicted molar refractivity (Wildman–Crippen MR) is 116 cm³/mol. The molecular formula is C25H21NO4. The van der Waals surface area contributed by atoms with Crippen molar-refractivity contribution in [3.8, 4) is 5.75 Å². The average molecular weight is 399 g/mol. The zero-order chi connectivity index (χ0) is 21.1. The monoisotopic (exact) mass is 399 g/mol. The average Bonchev–Trinajstić information content (AvgIpc) is 3.03. The molecule has 1 aliphatic rings. The number of nitrogens with zero attached hydrogens (tertiary/aromatic N) is 1. The van der Waals surface area contributed by atoms with Gasteiger partial charge in [0, 0.05) is 23.7 Å². The maximum absolute atomic E-state index is 12.7. The number of anilines is 1. The number of benzene rings is 3. The van der Waals surface area contributed by atoms with Gasteiger partial charge in [-0.25, -0.2) is 4.79 Å². The van der Waals surface area contributed by atoms with E-state index in [0.29, 0.717) is 23.5 Å². The summed E-state index contributed by atoms with van der Waals surface area (Å²) in [6.07, 6.45) is 1.88. The summed E-state index contributed by atoms with van der Waals surface area (Å²) in [6.45, 7) is 0.339. The number of rotatable bonds is 5. The fourth-order valence-electron chi connectivity index (χ4n) is 3.44. The van der Waals surface area contributed by atoms with E-state index in [1.165, 1.54) is 7.11 Å². The molecule has 0 radical (unpaired) electrons. The van der Waals surface area contributed by atoms with Crippen LogP contribution in [0.3, 0.4) is 0 Å². The molecule has 5 nitrogen and oxygen atoms in total. The van der Waals surface area contributed by atoms with Gasteiger partial charge >= 0.3 is 5.97 Å². The summed E-state index contributed by atoms with van der Waals surface area (Å²) in [4.78, 5) is 26.0. The third-order valence-corrected chi connectivity index (χ3v) is 5.08. The van der Waals surface area contributed by atoms with Crippen molar-refractivity contribution in [3.05, 3.63) is 95.1 Å². The fourth-order valence-corrected chi connectivity index (χ4v) is 3.44. The molecule has 0 fully saturated rings. The van der Waals surface area contributed by atoms with E-state index in [1.807, 2.05) is 66.7 Å². The van der Waals surface area contributed by atoms with E-state index in [2.05, 4.69) is 0 Å². The molecule has 0 aromatic heterocycles. The minimum Gasteiger partial charge on any atom is -0.488 e. The molecule has 1 amide bonds. The predicted octanol–water partition coefficient (Wildman–Crippen LogP) is 4.57. The molecule has 0 spiro atoms. The number of hydrogen-bond acceptors (Lipinski definition) is 4. The largest absolute Gasteiger partial charge is 0.488 e. The van der Waals surface area contributed by atoms with E-state index in [-0.39, 0.29) is 11.9 Å². The van der Waals surface area contributed by atoms with E-state index in [9.17, 15) is 9.59 Å². The molecular weight excluding hydrogens is 378 g/mol. The summed E-state index contributed by atoms with van der Waals surface area (Å²) in [6, 6.07) is 22.5. The second kappa shape index (κ2) is 8.25. The molecule has 0 saturated carbocycles. The van der Waals surface area contributed by atoms with Gasteiger partial charge in [0.05, 0.1) is 18.4 Å². The van der Waals surface area contributed by atoms with Gasteiger partial charge in [0.25, 0.3) is 5.91 Å². The number of fused-ring (bicyclic) bond motifs is 1. The molecule has 0 unspecified atom stereocenters. The summed E-state index contributed by atoms with van der Waals surface area (Å²) in [5, 5.41) is 0. The first-order valence-electron chi connectivity index (χ1n) is 9.56. The first-order valence-corrected chi connectivity index (χ1v) is 9.56. The van der Waals surface area contributed by atoms with E-state index >= 15 is 0 Å². The van der Waals surface area contributed by atoms with Crippen LogP contribution in [0.15, 0.2) is 72.8 Å². The molecule has 0 N–H and O–H groups in total. The number of ether oxygens (including phenoxy) is 2. The molecule has 4 rings (SSSR count). The molecule has 5 heteroatoms. The maximum atomic E-state index is 12.7. The van der Waals surface area contributed by atoms with Crippen LogP contribution in [0, 0.1) is 0 Å². The highest BCUT2D eigenvalue weighted by Crippen LogP contribution is 2.37. The summed E-state index contributed by atoms with van der Waals surface area (Å²) in [5.41, 5.74) is 4.71. The molecule has 150 valence electrons. The van der Waals surface area contributed by atoms with Crippen molar-refractivity contribution >= 4 is 29.2 Å². The van der Waals surface area contributed by atoms with Crippen LogP contribution in [-0.4, -0.2) is 26.0 Å². The van der Waals surface area contributed by atoms with Crippen molar-refractivity contribution in [1.82, 2.24) is 0 Å². The van der Waals surface area contributed by atoms with Gasteiger partial charge in [-0.15, -0.1) is 0 Å². The molecule has 0 aliphatic carbocycles. The number of carbonyl (C=O) groups is 2. The molecule has 3 aromatic rings. The Hall–Kier alpha value is -3.86. The lowest BCUT2D eigenvalue weighted by atomic mass is 10.0. The smallest absolute Gasteiger partial charge is 0.337 e. The molecule has 30 heavy (non-hydrogen) atoms. The first kappa shape index (κ1) is 19.5. The van der Waals surface area contributed by atoms with Crippen LogP contribution in [0.2, 0.25) is 0 Å². The third-order valence-electron chi connectivity index (χ3n) is 5.08. The maximum Gasteiger partial charge on any atom is 0.337 e. The van der Waals surface area contributed by atoms with E-state index in [0.717, 1.165) is 22.4 Å². The number of methoxy groups -OCH3 is 1. The lowest BCUT2D eigenvalue weighted by Crippen LogP contribution is -2.20. The van der Waals surface area contributed by atoms with Gasteiger partial charge in [-0.1, -0.05) is 48.5 Å². The van der Waals surface area contributed by atoms with Crippen LogP contribution in [0.5, 0.6) is 5.75 Å². The molecule has 1 aliphatic heterocycles. The topological polar surface area (TPSA) is 55.8 Å². The second-order valence-corrected chi connectivity index (χ2v) is 6.95. The standard InChI is InChI=1S/C25H21NO4/c1-26-22-9-5-4-8-20(22)21(24(26)27)15-19-7-3-6-10-23(19)30-16-17-11-13-18(14-12-17)25(28)29-2/h3-15H,16H2,1-2H3/b21-15-. The first-order chi connectivity index (χ1) is 14.6. The van der Waals surface area contributed by atoms with E-state index < -0.39 is 0 Å². The number of amides is 1. The Bertz CT molecular complexity index is 1130. The number of hydrogen-bond donors (Lipinski definition) is 0. The van der Waals surface area contributed by atoms with Crippen molar-refractivity contribution in [2.75, 3.05) is 19.1 Å². The van der Waals surface area contributed by atoms with Gasteiger partial charge in [0.2, 0.25) is 0 Å². The zero-order valence-electron chi connectivity index (χ0n) is 16.8. The summed E-state index contributed by atoms with van der Waals surface area (Å²) < 4.78 is 10.7. The normalized spacial score (nSPS) is 14.0. The van der Waals surface area contributed by atoms with Crippen LogP contribution in [0.25, 0.3) is 11.6 Å². The minimum atomic E-state index is -0.370. The van der Waals surface area contributed by atoms with Gasteiger partial charge in [-0.05, 0) is 35.9 Å². The molecule has 0 atom stereocenters. The Morgan fingerprint density at radius 2 is 1.67 bits per heavy atom. The Morgan fingerprint density at radius 1 is 0.967 bits per heavy atom. The van der Waals surface area contributed by atoms with Crippen LogP contribution < -0.4 is 9.64 Å². The molecule has 3 aromatic carbocycles. The fraction of sp³-hybridized carbons (Fsp3) is 0.120. The molecule has 1 heterocycles. The highest BCUT2D eigenvalue weighted by atomic mass is 16.5. The lowest BCUT2D eigenvalue weighted by molar-refractivity contribution is -0.112. The van der Waals surface area contributed by atoms with Gasteiger partial charge in [-0.3, -0.25) is 4.79 Å². The van der Waals surface area contributed by atoms with Gasteiger partial charge in [-0.2, -0.15) is 0 Å². The Kier molecular flexibility index (Phi) is 5.35. The highest BCUT2D eigenvalue weighted by Gasteiger charge is 2.29. The summed E-state index contributed by atoms with van der Waals surface area (Å²) in [5.74, 6) is 0.275. The Labute approximate surface area is 175 Å². The SMILES string of the molecule is COC(=O)c1ccc(COc2ccccc2/C=C2\C(=O)N(C)c3ccccc32)cc1. The summed E-state index contributed by atoms with van der Waals surface area (Å²) >= 11 is 0. The van der Waals surface area contributed by atoms with Gasteiger partial charge in [0.1, 0.15) is 12.4 Å².